The first-order chi connectivity index (χ1) is 7.84. The number of hydrogen-bond donors (Lipinski definition) is 1. The zero-order chi connectivity index (χ0) is 11.2. The molecule has 3 nitrogen and oxygen atoms in total. The van der Waals surface area contributed by atoms with Crippen molar-refractivity contribution in [3.8, 4) is 0 Å². The van der Waals surface area contributed by atoms with Gasteiger partial charge in [0.25, 0.3) is 0 Å². The quantitative estimate of drug-likeness (QED) is 0.770. The number of aryl methyl sites for hydroxylation is 1. The van der Waals surface area contributed by atoms with Crippen LogP contribution in [0.4, 0.5) is 5.82 Å². The fraction of sp³-hybridized carbons (Fsp3) is 0.615. The van der Waals surface area contributed by atoms with Crippen molar-refractivity contribution < 1.29 is 0 Å². The van der Waals surface area contributed by atoms with E-state index in [9.17, 15) is 0 Å². The average Bonchev–Trinajstić information content (AvgIpc) is 2.80. The minimum Gasteiger partial charge on any atom is -0.370 e. The molecule has 88 valence electrons. The lowest BCUT2D eigenvalue weighted by Crippen LogP contribution is -2.22. The molecular formula is C13H21N3. The molecule has 1 fully saturated rings. The van der Waals surface area contributed by atoms with Crippen LogP contribution in [-0.2, 0) is 0 Å². The topological polar surface area (TPSA) is 28.2 Å². The van der Waals surface area contributed by atoms with Crippen molar-refractivity contribution in [2.45, 2.75) is 26.2 Å². The van der Waals surface area contributed by atoms with Crippen molar-refractivity contribution in [1.82, 2.24) is 9.88 Å². The number of anilines is 1. The van der Waals surface area contributed by atoms with Crippen molar-refractivity contribution in [1.29, 1.82) is 0 Å². The maximum Gasteiger partial charge on any atom is 0.125 e. The standard InChI is InChI=1S/C13H21N3/c1-12-5-6-13(15-11-12)14-7-4-10-16-8-2-3-9-16/h5-6,11H,2-4,7-10H2,1H3,(H,14,15). The maximum atomic E-state index is 4.32. The van der Waals surface area contributed by atoms with E-state index in [0.29, 0.717) is 0 Å². The van der Waals surface area contributed by atoms with Gasteiger partial charge in [0.2, 0.25) is 0 Å². The molecule has 16 heavy (non-hydrogen) atoms. The van der Waals surface area contributed by atoms with E-state index in [1.54, 1.807) is 0 Å². The predicted octanol–water partition coefficient (Wildman–Crippen LogP) is 2.29. The molecule has 0 spiro atoms. The smallest absolute Gasteiger partial charge is 0.125 e. The lowest BCUT2D eigenvalue weighted by Gasteiger charge is -2.14. The van der Waals surface area contributed by atoms with Gasteiger partial charge >= 0.3 is 0 Å². The molecule has 3 heteroatoms. The first kappa shape index (κ1) is 11.4. The van der Waals surface area contributed by atoms with Gasteiger partial charge in [-0.05, 0) is 57.5 Å². The van der Waals surface area contributed by atoms with Gasteiger partial charge in [-0.2, -0.15) is 0 Å². The summed E-state index contributed by atoms with van der Waals surface area (Å²) in [5.41, 5.74) is 1.21. The van der Waals surface area contributed by atoms with Crippen LogP contribution in [0.5, 0.6) is 0 Å². The van der Waals surface area contributed by atoms with E-state index in [4.69, 9.17) is 0 Å². The van der Waals surface area contributed by atoms with Crippen LogP contribution < -0.4 is 5.32 Å². The number of likely N-dealkylation sites (tertiary alicyclic amines) is 1. The highest BCUT2D eigenvalue weighted by Crippen LogP contribution is 2.08. The molecule has 1 aromatic rings. The summed E-state index contributed by atoms with van der Waals surface area (Å²) in [5, 5.41) is 3.36. The highest BCUT2D eigenvalue weighted by Gasteiger charge is 2.09. The number of hydrogen-bond acceptors (Lipinski definition) is 3. The van der Waals surface area contributed by atoms with Gasteiger partial charge in [0.15, 0.2) is 0 Å². The molecular weight excluding hydrogens is 198 g/mol. The monoisotopic (exact) mass is 219 g/mol. The first-order valence-electron chi connectivity index (χ1n) is 6.23. The van der Waals surface area contributed by atoms with Crippen LogP contribution in [0.15, 0.2) is 18.3 Å². The Morgan fingerprint density at radius 3 is 2.81 bits per heavy atom. The second-order valence-corrected chi connectivity index (χ2v) is 4.55. The second-order valence-electron chi connectivity index (χ2n) is 4.55. The summed E-state index contributed by atoms with van der Waals surface area (Å²) in [6.07, 6.45) is 5.87. The van der Waals surface area contributed by atoms with Crippen LogP contribution in [-0.4, -0.2) is 36.1 Å². The Morgan fingerprint density at radius 1 is 1.31 bits per heavy atom. The van der Waals surface area contributed by atoms with E-state index in [1.807, 2.05) is 12.3 Å². The summed E-state index contributed by atoms with van der Waals surface area (Å²) in [5.74, 6) is 0.993. The Labute approximate surface area is 97.9 Å². The van der Waals surface area contributed by atoms with Gasteiger partial charge in [0.05, 0.1) is 0 Å². The van der Waals surface area contributed by atoms with Crippen molar-refractivity contribution in [2.75, 3.05) is 31.5 Å². The third-order valence-electron chi connectivity index (χ3n) is 3.07. The van der Waals surface area contributed by atoms with E-state index in [0.717, 1.165) is 12.4 Å². The van der Waals surface area contributed by atoms with Crippen LogP contribution >= 0.6 is 0 Å². The Bertz CT molecular complexity index is 301. The third kappa shape index (κ3) is 3.49. The number of aromatic nitrogens is 1. The minimum atomic E-state index is 0.993. The molecule has 1 aromatic heterocycles. The number of pyridine rings is 1. The lowest BCUT2D eigenvalue weighted by atomic mass is 10.3. The SMILES string of the molecule is Cc1ccc(NCCCN2CCCC2)nc1. The molecule has 0 amide bonds. The molecule has 0 radical (unpaired) electrons. The van der Waals surface area contributed by atoms with Gasteiger partial charge in [0.1, 0.15) is 5.82 Å². The molecule has 0 unspecified atom stereocenters. The molecule has 1 saturated heterocycles. The molecule has 2 heterocycles. The summed E-state index contributed by atoms with van der Waals surface area (Å²) in [4.78, 5) is 6.87. The normalized spacial score (nSPS) is 16.6. The number of rotatable bonds is 5. The summed E-state index contributed by atoms with van der Waals surface area (Å²) >= 11 is 0. The molecule has 0 saturated carbocycles. The fourth-order valence-electron chi connectivity index (χ4n) is 2.10. The van der Waals surface area contributed by atoms with E-state index in [1.165, 1.54) is 44.5 Å². The van der Waals surface area contributed by atoms with Gasteiger partial charge in [-0.3, -0.25) is 0 Å². The maximum absolute atomic E-state index is 4.32. The Morgan fingerprint density at radius 2 is 2.12 bits per heavy atom. The van der Waals surface area contributed by atoms with Crippen LogP contribution in [0, 0.1) is 6.92 Å². The summed E-state index contributed by atoms with van der Waals surface area (Å²) in [7, 11) is 0. The second kappa shape index (κ2) is 5.85. The summed E-state index contributed by atoms with van der Waals surface area (Å²) < 4.78 is 0. The van der Waals surface area contributed by atoms with Crippen molar-refractivity contribution in [2.24, 2.45) is 0 Å². The molecule has 0 atom stereocenters. The van der Waals surface area contributed by atoms with Crippen molar-refractivity contribution in [3.05, 3.63) is 23.9 Å². The van der Waals surface area contributed by atoms with E-state index < -0.39 is 0 Å². The molecule has 0 bridgehead atoms. The highest BCUT2D eigenvalue weighted by atomic mass is 15.1. The molecule has 0 aromatic carbocycles. The third-order valence-corrected chi connectivity index (χ3v) is 3.07. The van der Waals surface area contributed by atoms with Gasteiger partial charge in [-0.25, -0.2) is 4.98 Å². The van der Waals surface area contributed by atoms with Crippen molar-refractivity contribution >= 4 is 5.82 Å². The van der Waals surface area contributed by atoms with Crippen LogP contribution in [0.25, 0.3) is 0 Å². The fourth-order valence-corrected chi connectivity index (χ4v) is 2.10. The first-order valence-corrected chi connectivity index (χ1v) is 6.23. The van der Waals surface area contributed by atoms with Crippen LogP contribution in [0.2, 0.25) is 0 Å². The molecule has 2 rings (SSSR count). The van der Waals surface area contributed by atoms with Gasteiger partial charge in [-0.15, -0.1) is 0 Å². The average molecular weight is 219 g/mol. The molecule has 1 aliphatic heterocycles. The Hall–Kier alpha value is -1.09. The van der Waals surface area contributed by atoms with Gasteiger partial charge in [0, 0.05) is 12.7 Å². The lowest BCUT2D eigenvalue weighted by molar-refractivity contribution is 0.337. The highest BCUT2D eigenvalue weighted by molar-refractivity contribution is 5.34. The van der Waals surface area contributed by atoms with Crippen molar-refractivity contribution in [3.63, 3.8) is 0 Å². The molecule has 0 aliphatic carbocycles. The summed E-state index contributed by atoms with van der Waals surface area (Å²) in [6.45, 7) is 6.89. The summed E-state index contributed by atoms with van der Waals surface area (Å²) in [6, 6.07) is 4.14. The van der Waals surface area contributed by atoms with E-state index >= 15 is 0 Å². The van der Waals surface area contributed by atoms with E-state index in [-0.39, 0.29) is 0 Å². The van der Waals surface area contributed by atoms with Gasteiger partial charge < -0.3 is 10.2 Å². The Kier molecular flexibility index (Phi) is 4.17. The largest absolute Gasteiger partial charge is 0.370 e. The molecule has 1 N–H and O–H groups in total. The zero-order valence-corrected chi connectivity index (χ0v) is 10.1. The number of nitrogens with one attached hydrogen (secondary N) is 1. The predicted molar refractivity (Wildman–Crippen MR) is 67.8 cm³/mol. The van der Waals surface area contributed by atoms with E-state index in [2.05, 4.69) is 28.2 Å². The molecule has 1 aliphatic rings. The van der Waals surface area contributed by atoms with Crippen LogP contribution in [0.1, 0.15) is 24.8 Å². The zero-order valence-electron chi connectivity index (χ0n) is 10.1. The van der Waals surface area contributed by atoms with Crippen LogP contribution in [0.3, 0.4) is 0 Å². The minimum absolute atomic E-state index is 0.993. The van der Waals surface area contributed by atoms with Gasteiger partial charge in [-0.1, -0.05) is 6.07 Å². The number of nitrogens with zero attached hydrogens (tertiary/aromatic N) is 2. The Balaban J connectivity index is 1.62.